The van der Waals surface area contributed by atoms with Gasteiger partial charge >= 0.3 is 0 Å². The second-order valence-electron chi connectivity index (χ2n) is 5.55. The Hall–Kier alpha value is -2.93. The summed E-state index contributed by atoms with van der Waals surface area (Å²) in [6, 6.07) is 13.1. The van der Waals surface area contributed by atoms with Crippen LogP contribution in [0.1, 0.15) is 20.1 Å². The minimum Gasteiger partial charge on any atom is -0.342 e. The van der Waals surface area contributed by atoms with Gasteiger partial charge in [-0.3, -0.25) is 14.3 Å². The molecule has 0 radical (unpaired) electrons. The van der Waals surface area contributed by atoms with Crippen molar-refractivity contribution in [2.24, 2.45) is 0 Å². The highest BCUT2D eigenvalue weighted by Crippen LogP contribution is 2.14. The molecule has 2 amide bonds. The molecule has 7 heteroatoms. The van der Waals surface area contributed by atoms with Crippen LogP contribution in [0.3, 0.4) is 0 Å². The first-order chi connectivity index (χ1) is 12.1. The lowest BCUT2D eigenvalue weighted by Crippen LogP contribution is -2.32. The van der Waals surface area contributed by atoms with Crippen LogP contribution in [0.25, 0.3) is 0 Å². The molecule has 0 bridgehead atoms. The Morgan fingerprint density at radius 3 is 2.80 bits per heavy atom. The van der Waals surface area contributed by atoms with Crippen molar-refractivity contribution in [3.63, 3.8) is 0 Å². The number of thiophene rings is 1. The number of nitrogens with zero attached hydrogens (tertiary/aromatic N) is 2. The summed E-state index contributed by atoms with van der Waals surface area (Å²) in [7, 11) is 0. The minimum absolute atomic E-state index is 0.0703. The number of nitrogens with one attached hydrogen (secondary N) is 2. The van der Waals surface area contributed by atoms with Gasteiger partial charge in [0.05, 0.1) is 18.0 Å². The fraction of sp³-hybridized carbons (Fsp3) is 0.167. The summed E-state index contributed by atoms with van der Waals surface area (Å²) in [5.41, 5.74) is 1.72. The number of amides is 2. The van der Waals surface area contributed by atoms with E-state index < -0.39 is 0 Å². The number of aromatic nitrogens is 2. The molecule has 2 heterocycles. The number of hydrogen-bond donors (Lipinski definition) is 2. The molecule has 0 aliphatic heterocycles. The average molecular weight is 354 g/mol. The van der Waals surface area contributed by atoms with E-state index in [9.17, 15) is 9.59 Å². The van der Waals surface area contributed by atoms with Crippen LogP contribution in [0.15, 0.2) is 54.9 Å². The summed E-state index contributed by atoms with van der Waals surface area (Å²) in [6.07, 6.45) is 3.61. The molecule has 0 fully saturated rings. The van der Waals surface area contributed by atoms with Crippen LogP contribution in [0.5, 0.6) is 0 Å². The van der Waals surface area contributed by atoms with E-state index in [4.69, 9.17) is 0 Å². The zero-order valence-corrected chi connectivity index (χ0v) is 14.5. The second-order valence-corrected chi connectivity index (χ2v) is 6.83. The summed E-state index contributed by atoms with van der Waals surface area (Å²) in [5, 5.41) is 9.59. The zero-order chi connectivity index (χ0) is 17.6. The third-order valence-corrected chi connectivity index (χ3v) is 4.49. The largest absolute Gasteiger partial charge is 0.342 e. The number of hydrogen-bond acceptors (Lipinski definition) is 4. The van der Waals surface area contributed by atoms with Crippen molar-refractivity contribution >= 4 is 28.8 Å². The van der Waals surface area contributed by atoms with Crippen molar-refractivity contribution in [1.29, 1.82) is 0 Å². The van der Waals surface area contributed by atoms with E-state index in [2.05, 4.69) is 15.7 Å². The molecule has 0 unspecified atom stereocenters. The average Bonchev–Trinajstić information content (AvgIpc) is 3.25. The van der Waals surface area contributed by atoms with Gasteiger partial charge in [-0.15, -0.1) is 11.3 Å². The van der Waals surface area contributed by atoms with Crippen LogP contribution in [-0.4, -0.2) is 28.1 Å². The van der Waals surface area contributed by atoms with Gasteiger partial charge < -0.3 is 10.6 Å². The zero-order valence-electron chi connectivity index (χ0n) is 13.7. The fourth-order valence-electron chi connectivity index (χ4n) is 2.34. The lowest BCUT2D eigenvalue weighted by Gasteiger charge is -2.08. The van der Waals surface area contributed by atoms with Crippen LogP contribution in [-0.2, 0) is 11.3 Å². The Labute approximate surface area is 149 Å². The molecular weight excluding hydrogens is 336 g/mol. The van der Waals surface area contributed by atoms with Gasteiger partial charge in [0.15, 0.2) is 0 Å². The van der Waals surface area contributed by atoms with Crippen LogP contribution in [0.2, 0.25) is 0 Å². The Balaban J connectivity index is 1.53. The normalized spacial score (nSPS) is 10.4. The van der Waals surface area contributed by atoms with Crippen molar-refractivity contribution < 1.29 is 9.59 Å². The minimum atomic E-state index is -0.266. The molecule has 2 N–H and O–H groups in total. The van der Waals surface area contributed by atoms with Gasteiger partial charge in [-0.2, -0.15) is 5.10 Å². The molecular formula is C18H18N4O2S. The molecule has 3 aromatic rings. The van der Waals surface area contributed by atoms with Gasteiger partial charge in [-0.05, 0) is 42.8 Å². The maximum absolute atomic E-state index is 12.0. The van der Waals surface area contributed by atoms with Gasteiger partial charge in [0.1, 0.15) is 0 Å². The van der Waals surface area contributed by atoms with Crippen molar-refractivity contribution in [3.05, 3.63) is 70.2 Å². The number of rotatable bonds is 6. The van der Waals surface area contributed by atoms with Crippen LogP contribution in [0.4, 0.5) is 5.69 Å². The molecule has 3 rings (SSSR count). The van der Waals surface area contributed by atoms with E-state index in [0.29, 0.717) is 17.1 Å². The monoisotopic (exact) mass is 354 g/mol. The summed E-state index contributed by atoms with van der Waals surface area (Å²) in [6.45, 7) is 2.49. The fourth-order valence-corrected chi connectivity index (χ4v) is 3.12. The highest BCUT2D eigenvalue weighted by atomic mass is 32.1. The molecule has 0 atom stereocenters. The maximum atomic E-state index is 12.0. The molecule has 128 valence electrons. The molecule has 0 aliphatic rings. The summed E-state index contributed by atoms with van der Waals surface area (Å²) >= 11 is 1.40. The van der Waals surface area contributed by atoms with E-state index in [1.54, 1.807) is 12.3 Å². The van der Waals surface area contributed by atoms with E-state index in [1.807, 2.05) is 54.2 Å². The number of anilines is 1. The maximum Gasteiger partial charge on any atom is 0.261 e. The molecule has 0 spiro atoms. The van der Waals surface area contributed by atoms with Crippen LogP contribution < -0.4 is 10.6 Å². The lowest BCUT2D eigenvalue weighted by atomic mass is 10.2. The molecule has 1 aromatic carbocycles. The summed E-state index contributed by atoms with van der Waals surface area (Å²) < 4.78 is 1.81. The van der Waals surface area contributed by atoms with Crippen molar-refractivity contribution in [2.75, 3.05) is 11.9 Å². The van der Waals surface area contributed by atoms with E-state index >= 15 is 0 Å². The number of carbonyl (C=O) groups is 2. The van der Waals surface area contributed by atoms with Crippen molar-refractivity contribution in [3.8, 4) is 0 Å². The highest BCUT2D eigenvalue weighted by molar-refractivity contribution is 7.13. The number of aryl methyl sites for hydroxylation is 1. The third kappa shape index (κ3) is 4.77. The van der Waals surface area contributed by atoms with Gasteiger partial charge in [0.2, 0.25) is 5.91 Å². The molecule has 2 aromatic heterocycles. The standard InChI is InChI=1S/C18H18N4O2S/c1-13-6-7-16(25-13)18(24)19-11-17(23)21-15-5-2-4-14(10-15)12-22-9-3-8-20-22/h2-10H,11-12H2,1H3,(H,19,24)(H,21,23). The first-order valence-corrected chi connectivity index (χ1v) is 8.62. The van der Waals surface area contributed by atoms with Crippen molar-refractivity contribution in [2.45, 2.75) is 13.5 Å². The molecule has 25 heavy (non-hydrogen) atoms. The Kier molecular flexibility index (Phi) is 5.25. The Morgan fingerprint density at radius 2 is 2.08 bits per heavy atom. The van der Waals surface area contributed by atoms with Gasteiger partial charge in [0.25, 0.3) is 5.91 Å². The predicted octanol–water partition coefficient (Wildman–Crippen LogP) is 2.67. The topological polar surface area (TPSA) is 76.0 Å². The molecule has 0 saturated heterocycles. The molecule has 0 aliphatic carbocycles. The molecule has 6 nitrogen and oxygen atoms in total. The first-order valence-electron chi connectivity index (χ1n) is 7.81. The van der Waals surface area contributed by atoms with Gasteiger partial charge in [0, 0.05) is 23.0 Å². The van der Waals surface area contributed by atoms with E-state index in [0.717, 1.165) is 10.4 Å². The quantitative estimate of drug-likeness (QED) is 0.714. The van der Waals surface area contributed by atoms with Gasteiger partial charge in [-0.1, -0.05) is 12.1 Å². The van der Waals surface area contributed by atoms with Gasteiger partial charge in [-0.25, -0.2) is 0 Å². The third-order valence-electron chi connectivity index (χ3n) is 3.49. The van der Waals surface area contributed by atoms with Crippen molar-refractivity contribution in [1.82, 2.24) is 15.1 Å². The lowest BCUT2D eigenvalue weighted by molar-refractivity contribution is -0.115. The Bertz CT molecular complexity index is 871. The van der Waals surface area contributed by atoms with Crippen LogP contribution >= 0.6 is 11.3 Å². The van der Waals surface area contributed by atoms with Crippen LogP contribution in [0, 0.1) is 6.92 Å². The molecule has 0 saturated carbocycles. The first kappa shape index (κ1) is 16.9. The van der Waals surface area contributed by atoms with E-state index in [1.165, 1.54) is 11.3 Å². The number of benzene rings is 1. The highest BCUT2D eigenvalue weighted by Gasteiger charge is 2.10. The summed E-state index contributed by atoms with van der Waals surface area (Å²) in [4.78, 5) is 25.7. The summed E-state index contributed by atoms with van der Waals surface area (Å²) in [5.74, 6) is -0.501. The SMILES string of the molecule is Cc1ccc(C(=O)NCC(=O)Nc2cccc(Cn3cccn3)c2)s1. The second kappa shape index (κ2) is 7.76. The predicted molar refractivity (Wildman–Crippen MR) is 97.8 cm³/mol. The Morgan fingerprint density at radius 1 is 1.20 bits per heavy atom. The smallest absolute Gasteiger partial charge is 0.261 e. The number of carbonyl (C=O) groups excluding carboxylic acids is 2. The van der Waals surface area contributed by atoms with E-state index in [-0.39, 0.29) is 18.4 Å².